The van der Waals surface area contributed by atoms with Crippen molar-refractivity contribution in [1.29, 1.82) is 0 Å². The van der Waals surface area contributed by atoms with Gasteiger partial charge in [-0.1, -0.05) is 0 Å². The van der Waals surface area contributed by atoms with Gasteiger partial charge in [-0.05, 0) is 40.2 Å². The topological polar surface area (TPSA) is 111 Å². The maximum absolute atomic E-state index is 11.4. The first-order chi connectivity index (χ1) is 8.66. The lowest BCUT2D eigenvalue weighted by Crippen LogP contribution is -2.38. The van der Waals surface area contributed by atoms with E-state index >= 15 is 0 Å². The molecule has 0 atom stereocenters. The molecule has 0 spiro atoms. The van der Waals surface area contributed by atoms with Gasteiger partial charge in [-0.2, -0.15) is 8.42 Å². The van der Waals surface area contributed by atoms with E-state index in [-0.39, 0.29) is 18.9 Å². The number of rotatable bonds is 9. The summed E-state index contributed by atoms with van der Waals surface area (Å²) >= 11 is 0. The summed E-state index contributed by atoms with van der Waals surface area (Å²) < 4.78 is 32.6. The third kappa shape index (κ3) is 12.1. The standard InChI is InChI=1S/C11H25N3O4S/c1-11(2,3)18-10(15)6-4-8-13-19(16,17)14-9-5-7-12/h13-14H,4-9,12H2,1-3H3. The highest BCUT2D eigenvalue weighted by Crippen LogP contribution is 2.08. The minimum Gasteiger partial charge on any atom is -0.460 e. The molecule has 4 N–H and O–H groups in total. The molecule has 0 saturated carbocycles. The molecule has 0 aromatic carbocycles. The fourth-order valence-corrected chi connectivity index (χ4v) is 2.12. The minimum atomic E-state index is -3.49. The lowest BCUT2D eigenvalue weighted by Gasteiger charge is -2.19. The number of carbonyl (C=O) groups excluding carboxylic acids is 1. The molecular formula is C11H25N3O4S. The molecule has 0 saturated heterocycles. The van der Waals surface area contributed by atoms with Crippen LogP contribution in [0.15, 0.2) is 0 Å². The van der Waals surface area contributed by atoms with E-state index in [1.807, 2.05) is 0 Å². The fourth-order valence-electron chi connectivity index (χ4n) is 1.19. The number of hydrogen-bond acceptors (Lipinski definition) is 5. The van der Waals surface area contributed by atoms with Crippen molar-refractivity contribution in [3.8, 4) is 0 Å². The van der Waals surface area contributed by atoms with Gasteiger partial charge in [0.25, 0.3) is 10.2 Å². The van der Waals surface area contributed by atoms with Gasteiger partial charge in [-0.15, -0.1) is 0 Å². The van der Waals surface area contributed by atoms with Crippen LogP contribution in [0.4, 0.5) is 0 Å². The van der Waals surface area contributed by atoms with Crippen LogP contribution in [0.2, 0.25) is 0 Å². The Balaban J connectivity index is 3.76. The zero-order chi connectivity index (χ0) is 14.9. The third-order valence-electron chi connectivity index (χ3n) is 1.94. The summed E-state index contributed by atoms with van der Waals surface area (Å²) in [5.41, 5.74) is 4.74. The van der Waals surface area contributed by atoms with Crippen molar-refractivity contribution in [2.45, 2.75) is 45.6 Å². The Morgan fingerprint density at radius 2 is 1.68 bits per heavy atom. The lowest BCUT2D eigenvalue weighted by molar-refractivity contribution is -0.154. The molecule has 0 heterocycles. The van der Waals surface area contributed by atoms with Crippen molar-refractivity contribution in [1.82, 2.24) is 9.44 Å². The number of carbonyl (C=O) groups is 1. The van der Waals surface area contributed by atoms with Crippen molar-refractivity contribution in [2.24, 2.45) is 5.73 Å². The largest absolute Gasteiger partial charge is 0.460 e. The quantitative estimate of drug-likeness (QED) is 0.406. The Morgan fingerprint density at radius 3 is 2.16 bits per heavy atom. The van der Waals surface area contributed by atoms with Crippen molar-refractivity contribution >= 4 is 16.2 Å². The molecule has 19 heavy (non-hydrogen) atoms. The van der Waals surface area contributed by atoms with Crippen LogP contribution in [0.25, 0.3) is 0 Å². The maximum atomic E-state index is 11.4. The second-order valence-corrected chi connectivity index (χ2v) is 6.71. The van der Waals surface area contributed by atoms with Gasteiger partial charge in [0.2, 0.25) is 0 Å². The number of esters is 1. The van der Waals surface area contributed by atoms with E-state index in [1.54, 1.807) is 20.8 Å². The first-order valence-corrected chi connectivity index (χ1v) is 7.81. The summed E-state index contributed by atoms with van der Waals surface area (Å²) in [5, 5.41) is 0. The highest BCUT2D eigenvalue weighted by atomic mass is 32.2. The van der Waals surface area contributed by atoms with Gasteiger partial charge in [-0.25, -0.2) is 9.44 Å². The molecule has 0 aliphatic carbocycles. The molecule has 0 radical (unpaired) electrons. The average Bonchev–Trinajstić information content (AvgIpc) is 2.22. The molecule has 7 nitrogen and oxygen atoms in total. The molecule has 114 valence electrons. The fraction of sp³-hybridized carbons (Fsp3) is 0.909. The summed E-state index contributed by atoms with van der Waals surface area (Å²) in [6.45, 7) is 6.29. The molecule has 0 amide bonds. The predicted octanol–water partition coefficient (Wildman–Crippen LogP) is -0.119. The monoisotopic (exact) mass is 295 g/mol. The molecule has 0 unspecified atom stereocenters. The molecule has 0 fully saturated rings. The minimum absolute atomic E-state index is 0.183. The van der Waals surface area contributed by atoms with Gasteiger partial charge in [0.15, 0.2) is 0 Å². The predicted molar refractivity (Wildman–Crippen MR) is 73.7 cm³/mol. The lowest BCUT2D eigenvalue weighted by atomic mass is 10.2. The molecule has 0 aliphatic rings. The molecule has 0 rings (SSSR count). The highest BCUT2D eigenvalue weighted by molar-refractivity contribution is 7.87. The van der Waals surface area contributed by atoms with Gasteiger partial charge in [0.1, 0.15) is 5.60 Å². The molecule has 0 bridgehead atoms. The van der Waals surface area contributed by atoms with E-state index < -0.39 is 15.8 Å². The van der Waals surface area contributed by atoms with Crippen LogP contribution in [-0.4, -0.2) is 39.6 Å². The summed E-state index contributed by atoms with van der Waals surface area (Å²) in [6.07, 6.45) is 1.16. The summed E-state index contributed by atoms with van der Waals surface area (Å²) in [5.74, 6) is -0.331. The number of ether oxygens (including phenoxy) is 1. The first-order valence-electron chi connectivity index (χ1n) is 6.32. The molecule has 0 aliphatic heterocycles. The number of nitrogens with two attached hydrogens (primary N) is 1. The molecule has 0 aromatic heterocycles. The Morgan fingerprint density at radius 1 is 1.16 bits per heavy atom. The van der Waals surface area contributed by atoms with Crippen LogP contribution >= 0.6 is 0 Å². The van der Waals surface area contributed by atoms with Gasteiger partial charge in [-0.3, -0.25) is 4.79 Å². The van der Waals surface area contributed by atoms with Crippen LogP contribution in [0.1, 0.15) is 40.0 Å². The van der Waals surface area contributed by atoms with E-state index in [1.165, 1.54) is 0 Å². The van der Waals surface area contributed by atoms with Crippen molar-refractivity contribution in [3.63, 3.8) is 0 Å². The molecule has 8 heteroatoms. The zero-order valence-electron chi connectivity index (χ0n) is 11.9. The SMILES string of the molecule is CC(C)(C)OC(=O)CCCNS(=O)(=O)NCCCN. The summed E-state index contributed by atoms with van der Waals surface area (Å²) in [4.78, 5) is 11.4. The Bertz CT molecular complexity index is 363. The first kappa shape index (κ1) is 18.3. The van der Waals surface area contributed by atoms with Gasteiger partial charge in [0.05, 0.1) is 0 Å². The van der Waals surface area contributed by atoms with Crippen LogP contribution in [0, 0.1) is 0 Å². The maximum Gasteiger partial charge on any atom is 0.306 e. The van der Waals surface area contributed by atoms with E-state index in [4.69, 9.17) is 10.5 Å². The van der Waals surface area contributed by atoms with Crippen LogP contribution in [0.3, 0.4) is 0 Å². The van der Waals surface area contributed by atoms with Crippen molar-refractivity contribution in [3.05, 3.63) is 0 Å². The van der Waals surface area contributed by atoms with Gasteiger partial charge >= 0.3 is 5.97 Å². The zero-order valence-corrected chi connectivity index (χ0v) is 12.7. The Hall–Kier alpha value is -0.700. The second kappa shape index (κ2) is 8.47. The Labute approximate surface area is 115 Å². The average molecular weight is 295 g/mol. The number of nitrogens with one attached hydrogen (secondary N) is 2. The van der Waals surface area contributed by atoms with Gasteiger partial charge < -0.3 is 10.5 Å². The second-order valence-electron chi connectivity index (χ2n) is 5.12. The van der Waals surface area contributed by atoms with Crippen molar-refractivity contribution in [2.75, 3.05) is 19.6 Å². The molecule has 0 aromatic rings. The Kier molecular flexibility index (Phi) is 8.15. The smallest absolute Gasteiger partial charge is 0.306 e. The highest BCUT2D eigenvalue weighted by Gasteiger charge is 2.16. The van der Waals surface area contributed by atoms with E-state index in [0.717, 1.165) is 0 Å². The van der Waals surface area contributed by atoms with E-state index in [0.29, 0.717) is 25.9 Å². The normalized spacial score (nSPS) is 12.4. The van der Waals surface area contributed by atoms with E-state index in [9.17, 15) is 13.2 Å². The van der Waals surface area contributed by atoms with Crippen LogP contribution in [0.5, 0.6) is 0 Å². The van der Waals surface area contributed by atoms with Crippen LogP contribution in [-0.2, 0) is 19.7 Å². The van der Waals surface area contributed by atoms with Crippen molar-refractivity contribution < 1.29 is 17.9 Å². The van der Waals surface area contributed by atoms with Gasteiger partial charge in [0, 0.05) is 19.5 Å². The van der Waals surface area contributed by atoms with E-state index in [2.05, 4.69) is 9.44 Å². The summed E-state index contributed by atoms with van der Waals surface area (Å²) in [7, 11) is -3.49. The number of hydrogen-bond donors (Lipinski definition) is 3. The summed E-state index contributed by atoms with van der Waals surface area (Å²) in [6, 6.07) is 0. The van der Waals surface area contributed by atoms with Crippen LogP contribution < -0.4 is 15.2 Å². The molecular weight excluding hydrogens is 270 g/mol. The third-order valence-corrected chi connectivity index (χ3v) is 3.11.